The van der Waals surface area contributed by atoms with Crippen molar-refractivity contribution in [3.8, 4) is 0 Å². The Bertz CT molecular complexity index is 804. The van der Waals surface area contributed by atoms with Crippen LogP contribution in [0.3, 0.4) is 0 Å². The van der Waals surface area contributed by atoms with Gasteiger partial charge in [0.2, 0.25) is 10.0 Å². The van der Waals surface area contributed by atoms with Gasteiger partial charge in [0.05, 0.1) is 10.9 Å². The lowest BCUT2D eigenvalue weighted by molar-refractivity contribution is 0.384. The summed E-state index contributed by atoms with van der Waals surface area (Å²) in [5, 5.41) is 0. The number of sulfonamides is 1. The Morgan fingerprint density at radius 1 is 1.32 bits per heavy atom. The van der Waals surface area contributed by atoms with Crippen molar-refractivity contribution in [1.82, 2.24) is 14.3 Å². The third-order valence-electron chi connectivity index (χ3n) is 3.74. The smallest absolute Gasteiger partial charge is 0.243 e. The predicted molar refractivity (Wildman–Crippen MR) is 75.5 cm³/mol. The van der Waals surface area contributed by atoms with Gasteiger partial charge in [0.1, 0.15) is 5.82 Å². The normalized spacial score (nSPS) is 19.7. The zero-order valence-electron chi connectivity index (χ0n) is 11.9. The second-order valence-corrected chi connectivity index (χ2v) is 7.19. The van der Waals surface area contributed by atoms with Gasteiger partial charge < -0.3 is 4.98 Å². The third-order valence-corrected chi connectivity index (χ3v) is 5.64. The molecule has 1 aliphatic heterocycles. The van der Waals surface area contributed by atoms with Crippen LogP contribution >= 0.6 is 0 Å². The summed E-state index contributed by atoms with van der Waals surface area (Å²) >= 11 is 0. The molecule has 1 N–H and O–H groups in total. The molecule has 1 aromatic heterocycles. The van der Waals surface area contributed by atoms with Crippen LogP contribution in [0.15, 0.2) is 29.3 Å². The lowest BCUT2D eigenvalue weighted by Crippen LogP contribution is -2.31. The monoisotopic (exact) mass is 327 g/mol. The lowest BCUT2D eigenvalue weighted by atomic mass is 10.2. The Morgan fingerprint density at radius 2 is 2.09 bits per heavy atom. The first kappa shape index (κ1) is 15.1. The molecule has 0 bridgehead atoms. The number of H-pyrrole nitrogens is 1. The van der Waals surface area contributed by atoms with Crippen molar-refractivity contribution in [3.63, 3.8) is 0 Å². The second kappa shape index (κ2) is 5.44. The van der Waals surface area contributed by atoms with Crippen LogP contribution in [0, 0.1) is 18.6 Å². The second-order valence-electron chi connectivity index (χ2n) is 5.30. The van der Waals surface area contributed by atoms with Crippen LogP contribution in [0.1, 0.15) is 30.4 Å². The molecule has 1 saturated heterocycles. The van der Waals surface area contributed by atoms with Crippen molar-refractivity contribution in [2.45, 2.75) is 30.7 Å². The summed E-state index contributed by atoms with van der Waals surface area (Å²) in [6.07, 6.45) is 2.96. The van der Waals surface area contributed by atoms with Gasteiger partial charge in [-0.25, -0.2) is 22.2 Å². The SMILES string of the molecule is Cc1cnc(C2CCCN2S(=O)(=O)c2ccc(F)c(F)c2)[nH]1. The molecule has 1 atom stereocenters. The van der Waals surface area contributed by atoms with E-state index < -0.39 is 27.7 Å². The van der Waals surface area contributed by atoms with Gasteiger partial charge in [-0.3, -0.25) is 0 Å². The molecule has 5 nitrogen and oxygen atoms in total. The van der Waals surface area contributed by atoms with Gasteiger partial charge in [0.15, 0.2) is 11.6 Å². The van der Waals surface area contributed by atoms with Gasteiger partial charge in [-0.15, -0.1) is 0 Å². The number of imidazole rings is 1. The molecule has 3 rings (SSSR count). The van der Waals surface area contributed by atoms with Crippen molar-refractivity contribution >= 4 is 10.0 Å². The maximum atomic E-state index is 13.3. The molecule has 8 heteroatoms. The Hall–Kier alpha value is -1.80. The molecule has 0 saturated carbocycles. The molecular weight excluding hydrogens is 312 g/mol. The standard InChI is InChI=1S/C14H15F2N3O2S/c1-9-8-17-14(18-9)13-3-2-6-19(13)22(20,21)10-4-5-11(15)12(16)7-10/h4-5,7-8,13H,2-3,6H2,1H3,(H,17,18). The molecule has 2 heterocycles. The van der Waals surface area contributed by atoms with Crippen molar-refractivity contribution in [3.05, 3.63) is 47.5 Å². The number of benzene rings is 1. The van der Waals surface area contributed by atoms with Crippen LogP contribution in [0.2, 0.25) is 0 Å². The zero-order valence-corrected chi connectivity index (χ0v) is 12.7. The van der Waals surface area contributed by atoms with E-state index in [0.29, 0.717) is 31.3 Å². The number of aromatic amines is 1. The summed E-state index contributed by atoms with van der Waals surface area (Å²) in [6, 6.07) is 2.21. The Kier molecular flexibility index (Phi) is 3.73. The summed E-state index contributed by atoms with van der Waals surface area (Å²) < 4.78 is 53.0. The van der Waals surface area contributed by atoms with Gasteiger partial charge in [0, 0.05) is 18.4 Å². The van der Waals surface area contributed by atoms with Crippen molar-refractivity contribution in [2.24, 2.45) is 0 Å². The molecule has 0 radical (unpaired) electrons. The van der Waals surface area contributed by atoms with E-state index in [2.05, 4.69) is 9.97 Å². The van der Waals surface area contributed by atoms with Crippen LogP contribution in [0.4, 0.5) is 8.78 Å². The highest BCUT2D eigenvalue weighted by Crippen LogP contribution is 2.35. The van der Waals surface area contributed by atoms with Crippen LogP contribution in [-0.2, 0) is 10.0 Å². The minimum Gasteiger partial charge on any atom is -0.345 e. The fraction of sp³-hybridized carbons (Fsp3) is 0.357. The van der Waals surface area contributed by atoms with Gasteiger partial charge >= 0.3 is 0 Å². The number of aromatic nitrogens is 2. The topological polar surface area (TPSA) is 66.1 Å². The summed E-state index contributed by atoms with van der Waals surface area (Å²) in [4.78, 5) is 6.98. The van der Waals surface area contributed by atoms with Crippen LogP contribution in [0.25, 0.3) is 0 Å². The van der Waals surface area contributed by atoms with E-state index in [1.807, 2.05) is 6.92 Å². The zero-order chi connectivity index (χ0) is 15.9. The number of hydrogen-bond acceptors (Lipinski definition) is 3. The molecule has 22 heavy (non-hydrogen) atoms. The van der Waals surface area contributed by atoms with E-state index in [1.165, 1.54) is 4.31 Å². The average Bonchev–Trinajstić information content (AvgIpc) is 3.10. The number of hydrogen-bond donors (Lipinski definition) is 1. The van der Waals surface area contributed by atoms with E-state index in [-0.39, 0.29) is 4.90 Å². The molecule has 1 aromatic carbocycles. The average molecular weight is 327 g/mol. The molecule has 1 fully saturated rings. The highest BCUT2D eigenvalue weighted by molar-refractivity contribution is 7.89. The van der Waals surface area contributed by atoms with Gasteiger partial charge in [-0.1, -0.05) is 0 Å². The van der Waals surface area contributed by atoms with Crippen LogP contribution in [0.5, 0.6) is 0 Å². The minimum atomic E-state index is -3.90. The summed E-state index contributed by atoms with van der Waals surface area (Å²) in [7, 11) is -3.90. The first-order valence-corrected chi connectivity index (χ1v) is 8.32. The van der Waals surface area contributed by atoms with E-state index in [1.54, 1.807) is 6.20 Å². The number of halogens is 2. The fourth-order valence-electron chi connectivity index (χ4n) is 2.68. The first-order chi connectivity index (χ1) is 10.4. The highest BCUT2D eigenvalue weighted by Gasteiger charge is 2.37. The predicted octanol–water partition coefficient (Wildman–Crippen LogP) is 2.52. The molecule has 0 aliphatic carbocycles. The quantitative estimate of drug-likeness (QED) is 0.942. The van der Waals surface area contributed by atoms with Crippen molar-refractivity contribution in [2.75, 3.05) is 6.54 Å². The Balaban J connectivity index is 1.98. The molecular formula is C14H15F2N3O2S. The number of rotatable bonds is 3. The van der Waals surface area contributed by atoms with Crippen LogP contribution in [-0.4, -0.2) is 29.2 Å². The van der Waals surface area contributed by atoms with Crippen molar-refractivity contribution < 1.29 is 17.2 Å². The Morgan fingerprint density at radius 3 is 2.73 bits per heavy atom. The number of nitrogens with zero attached hydrogens (tertiary/aromatic N) is 2. The minimum absolute atomic E-state index is 0.249. The van der Waals surface area contributed by atoms with E-state index in [0.717, 1.165) is 17.8 Å². The Labute approximate surface area is 127 Å². The van der Waals surface area contributed by atoms with Gasteiger partial charge in [-0.2, -0.15) is 4.31 Å². The lowest BCUT2D eigenvalue weighted by Gasteiger charge is -2.22. The summed E-state index contributed by atoms with van der Waals surface area (Å²) in [6.45, 7) is 2.16. The first-order valence-electron chi connectivity index (χ1n) is 6.88. The van der Waals surface area contributed by atoms with Crippen molar-refractivity contribution in [1.29, 1.82) is 0 Å². The van der Waals surface area contributed by atoms with Crippen LogP contribution < -0.4 is 0 Å². The van der Waals surface area contributed by atoms with E-state index >= 15 is 0 Å². The molecule has 1 aliphatic rings. The highest BCUT2D eigenvalue weighted by atomic mass is 32.2. The maximum Gasteiger partial charge on any atom is 0.243 e. The van der Waals surface area contributed by atoms with E-state index in [9.17, 15) is 17.2 Å². The van der Waals surface area contributed by atoms with Gasteiger partial charge in [-0.05, 0) is 38.0 Å². The summed E-state index contributed by atoms with van der Waals surface area (Å²) in [5.41, 5.74) is 0.840. The van der Waals surface area contributed by atoms with E-state index in [4.69, 9.17) is 0 Å². The molecule has 0 amide bonds. The third kappa shape index (κ3) is 2.52. The fourth-order valence-corrected chi connectivity index (χ4v) is 4.35. The summed E-state index contributed by atoms with van der Waals surface area (Å²) in [5.74, 6) is -1.68. The maximum absolute atomic E-state index is 13.3. The molecule has 0 spiro atoms. The molecule has 2 aromatic rings. The number of nitrogens with one attached hydrogen (secondary N) is 1. The largest absolute Gasteiger partial charge is 0.345 e. The van der Waals surface area contributed by atoms with Gasteiger partial charge in [0.25, 0.3) is 0 Å². The molecule has 118 valence electrons. The number of aryl methyl sites for hydroxylation is 1. The molecule has 1 unspecified atom stereocenters.